The Balaban J connectivity index is 1.94. The lowest BCUT2D eigenvalue weighted by molar-refractivity contribution is -0.141. The van der Waals surface area contributed by atoms with Crippen molar-refractivity contribution in [2.45, 2.75) is 44.1 Å². The Hall–Kier alpha value is -0.950. The molecule has 3 unspecified atom stereocenters. The number of aliphatic carboxylic acids is 1. The molecule has 2 N–H and O–H groups in total. The van der Waals surface area contributed by atoms with E-state index in [1.54, 1.807) is 0 Å². The van der Waals surface area contributed by atoms with Crippen molar-refractivity contribution < 1.29 is 14.7 Å². The first-order chi connectivity index (χ1) is 9.52. The lowest BCUT2D eigenvalue weighted by atomic mass is 10.1. The largest absolute Gasteiger partial charge is 0.480 e. The summed E-state index contributed by atoms with van der Waals surface area (Å²) >= 11 is 1.51. The van der Waals surface area contributed by atoms with Gasteiger partial charge in [-0.2, -0.15) is 0 Å². The van der Waals surface area contributed by atoms with Crippen molar-refractivity contribution in [2.75, 3.05) is 25.4 Å². The van der Waals surface area contributed by atoms with Crippen molar-refractivity contribution in [3.05, 3.63) is 0 Å². The number of piperidine rings is 1. The lowest BCUT2D eigenvalue weighted by Gasteiger charge is -2.34. The summed E-state index contributed by atoms with van der Waals surface area (Å²) in [5.41, 5.74) is 0. The van der Waals surface area contributed by atoms with Gasteiger partial charge in [0.15, 0.2) is 0 Å². The van der Waals surface area contributed by atoms with Crippen LogP contribution in [0.2, 0.25) is 0 Å². The number of carbonyl (C=O) groups excluding carboxylic acids is 1. The quantitative estimate of drug-likeness (QED) is 0.814. The van der Waals surface area contributed by atoms with Gasteiger partial charge in [0.25, 0.3) is 0 Å². The van der Waals surface area contributed by atoms with E-state index in [1.165, 1.54) is 16.7 Å². The number of nitrogens with zero attached hydrogens (tertiary/aromatic N) is 2. The highest BCUT2D eigenvalue weighted by Gasteiger charge is 2.40. The number of likely N-dealkylation sites (tertiary alicyclic amines) is 1. The SMILES string of the molecule is CCN1CCCC(NC(=O)N2C(C)SCC2C(=O)O)C1. The molecule has 2 amide bonds. The Morgan fingerprint density at radius 1 is 1.45 bits per heavy atom. The standard InChI is InChI=1S/C13H23N3O3S/c1-3-15-6-4-5-10(7-15)14-13(19)16-9(2)20-8-11(16)12(17)18/h9-11H,3-8H2,1-2H3,(H,14,19)(H,17,18). The van der Waals surface area contributed by atoms with Gasteiger partial charge in [-0.25, -0.2) is 9.59 Å². The molecule has 2 saturated heterocycles. The second kappa shape index (κ2) is 6.67. The maximum Gasteiger partial charge on any atom is 0.327 e. The molecule has 0 aromatic carbocycles. The minimum atomic E-state index is -0.921. The minimum absolute atomic E-state index is 0.0815. The summed E-state index contributed by atoms with van der Waals surface area (Å²) in [7, 11) is 0. The van der Waals surface area contributed by atoms with E-state index in [1.807, 2.05) is 6.92 Å². The minimum Gasteiger partial charge on any atom is -0.480 e. The van der Waals surface area contributed by atoms with E-state index in [0.29, 0.717) is 5.75 Å². The fourth-order valence-electron chi connectivity index (χ4n) is 2.85. The van der Waals surface area contributed by atoms with Crippen LogP contribution in [0.3, 0.4) is 0 Å². The zero-order valence-electron chi connectivity index (χ0n) is 12.0. The Bertz CT molecular complexity index is 380. The molecule has 2 aliphatic rings. The maximum atomic E-state index is 12.4. The number of likely N-dealkylation sites (N-methyl/N-ethyl adjacent to an activating group) is 1. The van der Waals surface area contributed by atoms with Crippen molar-refractivity contribution in [1.29, 1.82) is 0 Å². The number of nitrogens with one attached hydrogen (secondary N) is 1. The molecule has 2 aliphatic heterocycles. The predicted octanol–water partition coefficient (Wildman–Crippen LogP) is 1.03. The fraction of sp³-hybridized carbons (Fsp3) is 0.846. The molecule has 3 atom stereocenters. The molecule has 6 nitrogen and oxygen atoms in total. The van der Waals surface area contributed by atoms with Gasteiger partial charge in [-0.15, -0.1) is 11.8 Å². The normalized spacial score (nSPS) is 31.3. The number of carboxylic acid groups (broad SMARTS) is 1. The van der Waals surface area contributed by atoms with Crippen LogP contribution in [0.1, 0.15) is 26.7 Å². The van der Waals surface area contributed by atoms with Gasteiger partial charge in [-0.05, 0) is 32.9 Å². The zero-order valence-corrected chi connectivity index (χ0v) is 12.9. The predicted molar refractivity (Wildman–Crippen MR) is 78.9 cm³/mol. The Labute approximate surface area is 123 Å². The van der Waals surface area contributed by atoms with Crippen LogP contribution in [-0.2, 0) is 4.79 Å². The molecule has 0 bridgehead atoms. The van der Waals surface area contributed by atoms with Crippen molar-refractivity contribution in [3.8, 4) is 0 Å². The number of thioether (sulfide) groups is 1. The van der Waals surface area contributed by atoms with Gasteiger partial charge < -0.3 is 15.3 Å². The third-order valence-electron chi connectivity index (χ3n) is 4.02. The summed E-state index contributed by atoms with van der Waals surface area (Å²) in [5.74, 6) is -0.453. The average Bonchev–Trinajstić information content (AvgIpc) is 2.81. The van der Waals surface area contributed by atoms with Gasteiger partial charge in [0.1, 0.15) is 6.04 Å². The molecule has 0 aliphatic carbocycles. The molecular weight excluding hydrogens is 278 g/mol. The van der Waals surface area contributed by atoms with E-state index in [4.69, 9.17) is 0 Å². The number of urea groups is 1. The molecule has 20 heavy (non-hydrogen) atoms. The van der Waals surface area contributed by atoms with Gasteiger partial charge in [0, 0.05) is 18.3 Å². The molecular formula is C13H23N3O3S. The number of carbonyl (C=O) groups is 2. The fourth-order valence-corrected chi connectivity index (χ4v) is 4.02. The molecule has 0 aromatic rings. The van der Waals surface area contributed by atoms with E-state index in [9.17, 15) is 14.7 Å². The lowest BCUT2D eigenvalue weighted by Crippen LogP contribution is -2.55. The van der Waals surface area contributed by atoms with Crippen LogP contribution in [0.15, 0.2) is 0 Å². The summed E-state index contributed by atoms with van der Waals surface area (Å²) in [6.45, 7) is 6.92. The molecule has 7 heteroatoms. The molecule has 0 aromatic heterocycles. The van der Waals surface area contributed by atoms with Gasteiger partial charge in [0.05, 0.1) is 5.37 Å². The Kier molecular flexibility index (Phi) is 5.15. The van der Waals surface area contributed by atoms with Crippen LogP contribution in [0.25, 0.3) is 0 Å². The molecule has 0 radical (unpaired) electrons. The van der Waals surface area contributed by atoms with E-state index < -0.39 is 12.0 Å². The highest BCUT2D eigenvalue weighted by Crippen LogP contribution is 2.28. The van der Waals surface area contributed by atoms with E-state index in [0.717, 1.165) is 32.5 Å². The summed E-state index contributed by atoms with van der Waals surface area (Å²) in [6, 6.07) is -0.817. The van der Waals surface area contributed by atoms with Crippen LogP contribution in [0.4, 0.5) is 4.79 Å². The number of rotatable bonds is 3. The molecule has 2 fully saturated rings. The highest BCUT2D eigenvalue weighted by molar-refractivity contribution is 8.00. The summed E-state index contributed by atoms with van der Waals surface area (Å²) in [4.78, 5) is 27.3. The van der Waals surface area contributed by atoms with E-state index in [-0.39, 0.29) is 17.4 Å². The number of amides is 2. The van der Waals surface area contributed by atoms with Crippen molar-refractivity contribution in [1.82, 2.24) is 15.1 Å². The smallest absolute Gasteiger partial charge is 0.327 e. The second-order valence-electron chi connectivity index (χ2n) is 5.38. The zero-order chi connectivity index (χ0) is 14.7. The van der Waals surface area contributed by atoms with Crippen LogP contribution in [0.5, 0.6) is 0 Å². The maximum absolute atomic E-state index is 12.4. The Morgan fingerprint density at radius 3 is 2.85 bits per heavy atom. The monoisotopic (exact) mass is 301 g/mol. The number of hydrogen-bond acceptors (Lipinski definition) is 4. The van der Waals surface area contributed by atoms with Gasteiger partial charge in [-0.1, -0.05) is 6.92 Å². The third kappa shape index (κ3) is 3.38. The summed E-state index contributed by atoms with van der Waals surface area (Å²) in [5, 5.41) is 12.1. The van der Waals surface area contributed by atoms with Gasteiger partial charge in [0.2, 0.25) is 0 Å². The molecule has 114 valence electrons. The first-order valence-electron chi connectivity index (χ1n) is 7.18. The third-order valence-corrected chi connectivity index (χ3v) is 5.24. The molecule has 2 rings (SSSR count). The van der Waals surface area contributed by atoms with Crippen molar-refractivity contribution >= 4 is 23.8 Å². The number of carboxylic acids is 1. The second-order valence-corrected chi connectivity index (χ2v) is 6.72. The van der Waals surface area contributed by atoms with Crippen LogP contribution >= 0.6 is 11.8 Å². The first kappa shape index (κ1) is 15.4. The summed E-state index contributed by atoms with van der Waals surface area (Å²) in [6.07, 6.45) is 2.04. The van der Waals surface area contributed by atoms with Gasteiger partial charge >= 0.3 is 12.0 Å². The van der Waals surface area contributed by atoms with Crippen LogP contribution < -0.4 is 5.32 Å². The number of hydrogen-bond donors (Lipinski definition) is 2. The van der Waals surface area contributed by atoms with E-state index >= 15 is 0 Å². The van der Waals surface area contributed by atoms with Crippen molar-refractivity contribution in [3.63, 3.8) is 0 Å². The van der Waals surface area contributed by atoms with Gasteiger partial charge in [-0.3, -0.25) is 4.90 Å². The topological polar surface area (TPSA) is 72.9 Å². The van der Waals surface area contributed by atoms with Crippen molar-refractivity contribution in [2.24, 2.45) is 0 Å². The summed E-state index contributed by atoms with van der Waals surface area (Å²) < 4.78 is 0. The van der Waals surface area contributed by atoms with Crippen LogP contribution in [-0.4, -0.2) is 69.8 Å². The Morgan fingerprint density at radius 2 is 2.20 bits per heavy atom. The molecule has 0 saturated carbocycles. The molecule has 2 heterocycles. The van der Waals surface area contributed by atoms with Crippen LogP contribution in [0, 0.1) is 0 Å². The highest BCUT2D eigenvalue weighted by atomic mass is 32.2. The first-order valence-corrected chi connectivity index (χ1v) is 8.23. The van der Waals surface area contributed by atoms with E-state index in [2.05, 4.69) is 17.1 Å². The molecule has 0 spiro atoms. The average molecular weight is 301 g/mol.